The first-order valence-electron chi connectivity index (χ1n) is 30.0. The first-order valence-corrected chi connectivity index (χ1v) is 30.0. The van der Waals surface area contributed by atoms with Crippen molar-refractivity contribution in [1.82, 2.24) is 0 Å². The molecule has 0 aliphatic carbocycles. The highest BCUT2D eigenvalue weighted by Crippen LogP contribution is 2.22. The average molecular weight is 1080 g/mol. The zero-order valence-electron chi connectivity index (χ0n) is 54.8. The Morgan fingerprint density at radius 1 is 0.512 bits per heavy atom. The van der Waals surface area contributed by atoms with E-state index in [0.717, 1.165) is 35.0 Å². The molecule has 0 saturated carbocycles. The normalized spacial score (nSPS) is 10.0. The molecule has 6 rings (SSSR count). The molecule has 80 heavy (non-hydrogen) atoms. The molecule has 0 aromatic heterocycles. The third kappa shape index (κ3) is 43.4. The van der Waals surface area contributed by atoms with E-state index < -0.39 is 0 Å². The molecule has 0 heterocycles. The van der Waals surface area contributed by atoms with Crippen LogP contribution in [-0.2, 0) is 6.42 Å². The number of hydrogen-bond donors (Lipinski definition) is 1. The summed E-state index contributed by atoms with van der Waals surface area (Å²) in [4.78, 5) is 0. The molecule has 0 aliphatic rings. The SMILES string of the molecule is C=C(/C=C/C)CC(CC)CCCC.C=C(C)c1cc(C)ccc1C.C=C(N)c1cc(C)ccc1Cc1ccc(C)cc1.C=CC(=C)C.CC.CCCC(C)CCC.Cc1ccc(C)cc1.Cc1cccc(C)c1.Cc1ccccc1. The van der Waals surface area contributed by atoms with Crippen LogP contribution in [0.2, 0.25) is 0 Å². The van der Waals surface area contributed by atoms with Gasteiger partial charge in [0.25, 0.3) is 0 Å². The summed E-state index contributed by atoms with van der Waals surface area (Å²) in [6.07, 6.45) is 18.9. The van der Waals surface area contributed by atoms with Crippen LogP contribution in [0, 0.1) is 74.1 Å². The van der Waals surface area contributed by atoms with Gasteiger partial charge < -0.3 is 5.73 Å². The third-order valence-corrected chi connectivity index (χ3v) is 12.7. The Kier molecular flexibility index (Phi) is 48.2. The van der Waals surface area contributed by atoms with E-state index in [2.05, 4.69) is 270 Å². The van der Waals surface area contributed by atoms with Crippen molar-refractivity contribution in [1.29, 1.82) is 0 Å². The van der Waals surface area contributed by atoms with Gasteiger partial charge in [-0.1, -0.05) is 346 Å². The minimum Gasteiger partial charge on any atom is -0.399 e. The van der Waals surface area contributed by atoms with Crippen LogP contribution in [0.15, 0.2) is 202 Å². The van der Waals surface area contributed by atoms with Crippen molar-refractivity contribution in [2.24, 2.45) is 17.6 Å². The lowest BCUT2D eigenvalue weighted by Gasteiger charge is -2.13. The molecule has 0 radical (unpaired) electrons. The maximum Gasteiger partial charge on any atom is 0.0317 e. The zero-order chi connectivity index (χ0) is 61.4. The summed E-state index contributed by atoms with van der Waals surface area (Å²) in [5, 5.41) is 0. The van der Waals surface area contributed by atoms with Crippen LogP contribution in [0.4, 0.5) is 0 Å². The van der Waals surface area contributed by atoms with E-state index in [0.29, 0.717) is 5.70 Å². The van der Waals surface area contributed by atoms with Gasteiger partial charge >= 0.3 is 0 Å². The van der Waals surface area contributed by atoms with E-state index in [1.165, 1.54) is 130 Å². The van der Waals surface area contributed by atoms with Gasteiger partial charge in [0.05, 0.1) is 0 Å². The summed E-state index contributed by atoms with van der Waals surface area (Å²) in [6, 6.07) is 48.6. The van der Waals surface area contributed by atoms with Gasteiger partial charge in [-0.25, -0.2) is 0 Å². The second-order valence-electron chi connectivity index (χ2n) is 21.4. The second kappa shape index (κ2) is 49.6. The lowest BCUT2D eigenvalue weighted by atomic mass is 9.92. The fraction of sp³-hybridized carbons (Fsp3) is 0.392. The quantitative estimate of drug-likeness (QED) is 0.0961. The van der Waals surface area contributed by atoms with E-state index in [4.69, 9.17) is 5.73 Å². The predicted molar refractivity (Wildman–Crippen MR) is 369 cm³/mol. The Bertz CT molecular complexity index is 2520. The monoisotopic (exact) mass is 1080 g/mol. The van der Waals surface area contributed by atoms with Crippen LogP contribution in [0.25, 0.3) is 11.3 Å². The van der Waals surface area contributed by atoms with Gasteiger partial charge in [-0.2, -0.15) is 0 Å². The van der Waals surface area contributed by atoms with Crippen molar-refractivity contribution in [3.05, 3.63) is 274 Å². The maximum absolute atomic E-state index is 5.87. The summed E-state index contributed by atoms with van der Waals surface area (Å²) in [7, 11) is 0. The van der Waals surface area contributed by atoms with Crippen LogP contribution in [0.1, 0.15) is 199 Å². The van der Waals surface area contributed by atoms with Crippen LogP contribution in [0.5, 0.6) is 0 Å². The fourth-order valence-corrected chi connectivity index (χ4v) is 7.99. The van der Waals surface area contributed by atoms with Gasteiger partial charge in [-0.3, -0.25) is 0 Å². The number of nitrogens with two attached hydrogens (primary N) is 1. The highest BCUT2D eigenvalue weighted by Gasteiger charge is 2.07. The summed E-state index contributed by atoms with van der Waals surface area (Å²) >= 11 is 0. The topological polar surface area (TPSA) is 26.0 Å². The minimum absolute atomic E-state index is 0.640. The first-order chi connectivity index (χ1) is 38.0. The largest absolute Gasteiger partial charge is 0.399 e. The van der Waals surface area contributed by atoms with Gasteiger partial charge in [-0.15, -0.1) is 0 Å². The maximum atomic E-state index is 5.87. The first kappa shape index (κ1) is 77.8. The summed E-state index contributed by atoms with van der Waals surface area (Å²) < 4.78 is 0. The third-order valence-electron chi connectivity index (χ3n) is 12.7. The van der Waals surface area contributed by atoms with Crippen molar-refractivity contribution in [2.75, 3.05) is 0 Å². The molecule has 1 heteroatoms. The predicted octanol–water partition coefficient (Wildman–Crippen LogP) is 24.5. The van der Waals surface area contributed by atoms with Gasteiger partial charge in [0.2, 0.25) is 0 Å². The number of hydrogen-bond acceptors (Lipinski definition) is 1. The highest BCUT2D eigenvalue weighted by molar-refractivity contribution is 5.65. The second-order valence-corrected chi connectivity index (χ2v) is 21.4. The average Bonchev–Trinajstić information content (AvgIpc) is 3.42. The number of aryl methyl sites for hydroxylation is 9. The van der Waals surface area contributed by atoms with E-state index in [1.807, 2.05) is 45.9 Å². The fourth-order valence-electron chi connectivity index (χ4n) is 7.99. The van der Waals surface area contributed by atoms with Crippen LogP contribution in [0.3, 0.4) is 0 Å². The molecular weight excluding hydrogens is 963 g/mol. The van der Waals surface area contributed by atoms with Gasteiger partial charge in [0.1, 0.15) is 0 Å². The molecule has 6 aromatic rings. The van der Waals surface area contributed by atoms with E-state index in [1.54, 1.807) is 6.08 Å². The lowest BCUT2D eigenvalue weighted by molar-refractivity contribution is 0.451. The van der Waals surface area contributed by atoms with Crippen molar-refractivity contribution in [3.63, 3.8) is 0 Å². The van der Waals surface area contributed by atoms with E-state index in [-0.39, 0.29) is 0 Å². The molecule has 0 aliphatic heterocycles. The van der Waals surface area contributed by atoms with Gasteiger partial charge in [0.15, 0.2) is 0 Å². The van der Waals surface area contributed by atoms with Crippen LogP contribution in [-0.4, -0.2) is 0 Å². The standard InChI is InChI=1S/C17H19N.C13H24.C11H14.2C8H10.C8H18.C7H8.C5H8.C2H6/c1-12-4-7-15(8-5-12)11-16-9-6-13(2)10-17(16)14(3)18;1-5-8-10-13(7-3)11-12(4)9-6-2;1-8(2)11-7-9(3)5-6-10(11)4;1-7-3-5-8(2)6-4-7;1-7-4-3-5-8(2)6-7;1-4-6-8(3)7-5-2;1-7-5-3-2-4-6-7;1-4-5(2)3;1-2/h4-10H,3,11,18H2,1-2H3;6,9,13H,4-5,7-8,10-11H2,1-3H3;5-7H,1H2,2-4H3;2*3-6H,1-2H3;8H,4-7H2,1-3H3;2-6H,1H3;4H,1-2H2,3H3;1-2H3/b;9-6+;;;;;;;. The summed E-state index contributed by atoms with van der Waals surface area (Å²) in [6.45, 7) is 59.1. The molecule has 6 aromatic carbocycles. The molecule has 0 bridgehead atoms. The number of rotatable bonds is 16. The molecule has 438 valence electrons. The summed E-state index contributed by atoms with van der Waals surface area (Å²) in [5.74, 6) is 1.81. The van der Waals surface area contributed by atoms with Crippen molar-refractivity contribution < 1.29 is 0 Å². The molecule has 0 fully saturated rings. The lowest BCUT2D eigenvalue weighted by Crippen LogP contribution is -2.01. The molecule has 0 saturated heterocycles. The Morgan fingerprint density at radius 2 is 0.925 bits per heavy atom. The number of unbranched alkanes of at least 4 members (excludes halogenated alkanes) is 1. The van der Waals surface area contributed by atoms with Crippen molar-refractivity contribution >= 4 is 11.3 Å². The molecule has 1 nitrogen and oxygen atoms in total. The Hall–Kier alpha value is -6.44. The van der Waals surface area contributed by atoms with E-state index in [9.17, 15) is 0 Å². The molecule has 1 unspecified atom stereocenters. The smallest absolute Gasteiger partial charge is 0.0317 e. The van der Waals surface area contributed by atoms with E-state index >= 15 is 0 Å². The van der Waals surface area contributed by atoms with Gasteiger partial charge in [-0.05, 0) is 136 Å². The number of allylic oxidation sites excluding steroid dienone is 6. The molecule has 0 amide bonds. The Labute approximate surface area is 496 Å². The molecular formula is C79H117N. The molecule has 0 spiro atoms. The van der Waals surface area contributed by atoms with Crippen molar-refractivity contribution in [3.8, 4) is 0 Å². The zero-order valence-corrected chi connectivity index (χ0v) is 54.8. The van der Waals surface area contributed by atoms with Crippen molar-refractivity contribution in [2.45, 2.75) is 196 Å². The van der Waals surface area contributed by atoms with Crippen LogP contribution >= 0.6 is 0 Å². The van der Waals surface area contributed by atoms with Crippen LogP contribution < -0.4 is 5.73 Å². The minimum atomic E-state index is 0.640. The number of benzene rings is 6. The molecule has 2 N–H and O–H groups in total. The molecule has 1 atom stereocenters. The highest BCUT2D eigenvalue weighted by atomic mass is 14.6. The Morgan fingerprint density at radius 3 is 1.27 bits per heavy atom. The Balaban J connectivity index is -0.000000867. The summed E-state index contributed by atoms with van der Waals surface area (Å²) in [5.41, 5.74) is 26.6. The van der Waals surface area contributed by atoms with Gasteiger partial charge in [0, 0.05) is 11.3 Å².